The average molecular weight is 323 g/mol. The van der Waals surface area contributed by atoms with Gasteiger partial charge in [-0.15, -0.1) is 0 Å². The van der Waals surface area contributed by atoms with Crippen LogP contribution in [-0.4, -0.2) is 116 Å². The molecule has 1 radical (unpaired) electrons. The predicted molar refractivity (Wildman–Crippen MR) is 74.7 cm³/mol. The van der Waals surface area contributed by atoms with E-state index in [2.05, 4.69) is 5.32 Å². The molecule has 0 aromatic carbocycles. The van der Waals surface area contributed by atoms with Crippen LogP contribution in [0.15, 0.2) is 0 Å². The first-order valence-electron chi connectivity index (χ1n) is 5.21. The Morgan fingerprint density at radius 1 is 0.900 bits per heavy atom. The van der Waals surface area contributed by atoms with Crippen LogP contribution in [0, 0.1) is 0 Å². The van der Waals surface area contributed by atoms with Crippen molar-refractivity contribution in [3.05, 3.63) is 0 Å². The second-order valence-corrected chi connectivity index (χ2v) is 2.82. The number of nitrogens with two attached hydrogens (primary N) is 1. The largest absolute Gasteiger partial charge is 0.481 e. The summed E-state index contributed by atoms with van der Waals surface area (Å²) in [5.74, 6) is -2.50. The van der Waals surface area contributed by atoms with Gasteiger partial charge in [0, 0.05) is 91.8 Å². The Hall–Kier alpha value is -0.0736. The van der Waals surface area contributed by atoms with Gasteiger partial charge in [-0.25, -0.2) is 0 Å². The van der Waals surface area contributed by atoms with Gasteiger partial charge in [0.05, 0.1) is 6.61 Å². The van der Waals surface area contributed by atoms with Gasteiger partial charge in [-0.05, 0) is 0 Å². The van der Waals surface area contributed by atoms with Crippen LogP contribution >= 0.6 is 0 Å². The first-order valence-corrected chi connectivity index (χ1v) is 5.21. The molecule has 0 rings (SSSR count). The Labute approximate surface area is 161 Å². The third-order valence-corrected chi connectivity index (χ3v) is 0.610. The standard InChI is InChI=1S/C4H12N2O.3C2H4O2.K/c5-1-2-6-3-4-7;3*1-2(3)4;/h6-7H,1-5H2;3*1H3,(H,3,4);. The topological polar surface area (TPSA) is 170 Å². The van der Waals surface area contributed by atoms with Crippen molar-refractivity contribution in [2.45, 2.75) is 20.8 Å². The fraction of sp³-hybridized carbons (Fsp3) is 0.700. The van der Waals surface area contributed by atoms with Gasteiger partial charge in [0.25, 0.3) is 17.9 Å². The molecule has 0 aliphatic heterocycles. The van der Waals surface area contributed by atoms with Crippen molar-refractivity contribution in [3.63, 3.8) is 0 Å². The van der Waals surface area contributed by atoms with E-state index in [9.17, 15) is 0 Å². The monoisotopic (exact) mass is 323 g/mol. The number of aliphatic hydroxyl groups is 1. The van der Waals surface area contributed by atoms with Gasteiger partial charge in [-0.1, -0.05) is 0 Å². The molecule has 7 N–H and O–H groups in total. The molecule has 0 aliphatic rings. The molecule has 0 atom stereocenters. The molecule has 0 aromatic heterocycles. The summed E-state index contributed by atoms with van der Waals surface area (Å²) in [6, 6.07) is 0. The van der Waals surface area contributed by atoms with Gasteiger partial charge in [0.2, 0.25) is 0 Å². The molecule has 117 valence electrons. The number of carboxylic acids is 3. The molecule has 0 saturated heterocycles. The predicted octanol–water partition coefficient (Wildman–Crippen LogP) is -1.58. The van der Waals surface area contributed by atoms with Crippen LogP contribution in [0.2, 0.25) is 0 Å². The normalized spacial score (nSPS) is 7.05. The van der Waals surface area contributed by atoms with Crippen molar-refractivity contribution in [1.82, 2.24) is 5.32 Å². The van der Waals surface area contributed by atoms with Crippen molar-refractivity contribution < 1.29 is 34.8 Å². The van der Waals surface area contributed by atoms with E-state index in [-0.39, 0.29) is 58.0 Å². The summed E-state index contributed by atoms with van der Waals surface area (Å²) in [4.78, 5) is 27.0. The Bertz CT molecular complexity index is 183. The summed E-state index contributed by atoms with van der Waals surface area (Å²) < 4.78 is 0. The van der Waals surface area contributed by atoms with E-state index < -0.39 is 17.9 Å². The second kappa shape index (κ2) is 31.4. The Morgan fingerprint density at radius 3 is 1.30 bits per heavy atom. The summed E-state index contributed by atoms with van der Waals surface area (Å²) in [6.07, 6.45) is 0. The maximum Gasteiger partial charge on any atom is 0.300 e. The smallest absolute Gasteiger partial charge is 0.300 e. The third kappa shape index (κ3) is 333. The summed E-state index contributed by atoms with van der Waals surface area (Å²) in [5, 5.41) is 33.3. The maximum absolute atomic E-state index is 9.00. The van der Waals surface area contributed by atoms with Crippen LogP contribution in [-0.2, 0) is 14.4 Å². The van der Waals surface area contributed by atoms with E-state index in [1.807, 2.05) is 0 Å². The second-order valence-electron chi connectivity index (χ2n) is 2.82. The number of hydrogen-bond donors (Lipinski definition) is 6. The SMILES string of the molecule is CC(=O)O.CC(=O)O.CC(=O)O.NCCNCCO.[K]. The van der Waals surface area contributed by atoms with Gasteiger partial charge in [-0.2, -0.15) is 0 Å². The molecule has 0 aliphatic carbocycles. The van der Waals surface area contributed by atoms with E-state index in [1.54, 1.807) is 0 Å². The fourth-order valence-corrected chi connectivity index (χ4v) is 0.306. The number of rotatable bonds is 4. The summed E-state index contributed by atoms with van der Waals surface area (Å²) in [7, 11) is 0. The molecule has 0 aromatic rings. The van der Waals surface area contributed by atoms with Gasteiger partial charge in [0.1, 0.15) is 0 Å². The van der Waals surface area contributed by atoms with Crippen LogP contribution in [0.5, 0.6) is 0 Å². The van der Waals surface area contributed by atoms with Crippen molar-refractivity contribution in [2.75, 3.05) is 26.2 Å². The van der Waals surface area contributed by atoms with Crippen LogP contribution in [0.1, 0.15) is 20.8 Å². The van der Waals surface area contributed by atoms with E-state index in [0.29, 0.717) is 13.1 Å². The fourth-order valence-electron chi connectivity index (χ4n) is 0.306. The molecule has 9 nitrogen and oxygen atoms in total. The molecular formula is C10H24KN2O7. The Kier molecular flexibility index (Phi) is 50.2. The minimum Gasteiger partial charge on any atom is -0.481 e. The van der Waals surface area contributed by atoms with Crippen LogP contribution in [0.3, 0.4) is 0 Å². The zero-order valence-electron chi connectivity index (χ0n) is 12.4. The maximum atomic E-state index is 9.00. The van der Waals surface area contributed by atoms with E-state index in [0.717, 1.165) is 27.3 Å². The zero-order valence-corrected chi connectivity index (χ0v) is 15.5. The van der Waals surface area contributed by atoms with E-state index >= 15 is 0 Å². The summed E-state index contributed by atoms with van der Waals surface area (Å²) in [5.41, 5.74) is 5.13. The molecule has 0 spiro atoms. The average Bonchev–Trinajstić information content (AvgIpc) is 2.15. The number of carboxylic acid groups (broad SMARTS) is 3. The molecule has 0 fully saturated rings. The van der Waals surface area contributed by atoms with Gasteiger partial charge in [-0.3, -0.25) is 14.4 Å². The first-order chi connectivity index (χ1) is 8.61. The van der Waals surface area contributed by atoms with Crippen molar-refractivity contribution >= 4 is 69.3 Å². The van der Waals surface area contributed by atoms with Crippen LogP contribution < -0.4 is 11.1 Å². The number of carbonyl (C=O) groups is 3. The van der Waals surface area contributed by atoms with Crippen molar-refractivity contribution in [1.29, 1.82) is 0 Å². The molecule has 10 heteroatoms. The minimum atomic E-state index is -0.833. The van der Waals surface area contributed by atoms with Crippen molar-refractivity contribution in [3.8, 4) is 0 Å². The van der Waals surface area contributed by atoms with Crippen LogP contribution in [0.25, 0.3) is 0 Å². The van der Waals surface area contributed by atoms with Crippen molar-refractivity contribution in [2.24, 2.45) is 5.73 Å². The molecule has 0 unspecified atom stereocenters. The van der Waals surface area contributed by atoms with Gasteiger partial charge >= 0.3 is 0 Å². The minimum absolute atomic E-state index is 0. The van der Waals surface area contributed by atoms with Gasteiger partial charge in [0.15, 0.2) is 0 Å². The number of hydrogen-bond acceptors (Lipinski definition) is 6. The molecular weight excluding hydrogens is 299 g/mol. The Balaban J connectivity index is -0.0000000512. The molecule has 0 saturated carbocycles. The third-order valence-electron chi connectivity index (χ3n) is 0.610. The molecule has 0 bridgehead atoms. The number of nitrogens with one attached hydrogen (secondary N) is 1. The first kappa shape index (κ1) is 32.0. The number of aliphatic carboxylic acids is 3. The zero-order chi connectivity index (χ0) is 16.3. The van der Waals surface area contributed by atoms with E-state index in [4.69, 9.17) is 40.5 Å². The van der Waals surface area contributed by atoms with Gasteiger partial charge < -0.3 is 31.5 Å². The Morgan fingerprint density at radius 2 is 1.15 bits per heavy atom. The summed E-state index contributed by atoms with van der Waals surface area (Å²) in [6.45, 7) is 5.53. The van der Waals surface area contributed by atoms with Crippen LogP contribution in [0.4, 0.5) is 0 Å². The quantitative estimate of drug-likeness (QED) is 0.264. The molecule has 0 amide bonds. The van der Waals surface area contributed by atoms with E-state index in [1.165, 1.54) is 0 Å². The molecule has 20 heavy (non-hydrogen) atoms. The molecule has 0 heterocycles. The summed E-state index contributed by atoms with van der Waals surface area (Å²) >= 11 is 0. The number of aliphatic hydroxyl groups excluding tert-OH is 1.